The number of para-hydroxylation sites is 1. The molecule has 6 nitrogen and oxygen atoms in total. The van der Waals surface area contributed by atoms with E-state index in [-0.39, 0.29) is 24.9 Å². The molecule has 0 aliphatic carbocycles. The first-order valence-electron chi connectivity index (χ1n) is 11.1. The third kappa shape index (κ3) is 6.56. The third-order valence-electron chi connectivity index (χ3n) is 5.67. The average molecular weight is 423 g/mol. The molecular weight excluding hydrogens is 388 g/mol. The minimum atomic E-state index is -0.0587. The van der Waals surface area contributed by atoms with E-state index >= 15 is 0 Å². The van der Waals surface area contributed by atoms with Crippen LogP contribution in [0.2, 0.25) is 0 Å². The number of amides is 2. The molecule has 31 heavy (non-hydrogen) atoms. The number of carbonyl (C=O) groups excluding carboxylic acids is 2. The van der Waals surface area contributed by atoms with Crippen molar-refractivity contribution in [1.82, 2.24) is 15.3 Å². The molecule has 1 N–H and O–H groups in total. The summed E-state index contributed by atoms with van der Waals surface area (Å²) in [5, 5.41) is 6.73. The molecule has 0 saturated carbocycles. The number of hydrazine groups is 1. The molecule has 0 spiro atoms. The summed E-state index contributed by atoms with van der Waals surface area (Å²) in [4.78, 5) is 27.5. The Bertz CT molecular complexity index is 844. The predicted octanol–water partition coefficient (Wildman–Crippen LogP) is 3.43. The Labute approximate surface area is 185 Å². The normalized spacial score (nSPS) is 13.2. The lowest BCUT2D eigenvalue weighted by atomic mass is 10.1. The molecule has 2 aromatic rings. The molecule has 0 atom stereocenters. The number of likely N-dealkylation sites (N-methyl/N-ethyl adjacent to an activating group) is 1. The second-order valence-electron chi connectivity index (χ2n) is 8.59. The highest BCUT2D eigenvalue weighted by Crippen LogP contribution is 2.23. The van der Waals surface area contributed by atoms with Crippen LogP contribution >= 0.6 is 0 Å². The van der Waals surface area contributed by atoms with Crippen molar-refractivity contribution in [1.29, 1.82) is 0 Å². The van der Waals surface area contributed by atoms with Gasteiger partial charge in [-0.15, -0.1) is 0 Å². The Morgan fingerprint density at radius 2 is 1.58 bits per heavy atom. The van der Waals surface area contributed by atoms with E-state index in [9.17, 15) is 9.59 Å². The zero-order valence-corrected chi connectivity index (χ0v) is 18.9. The van der Waals surface area contributed by atoms with E-state index < -0.39 is 0 Å². The van der Waals surface area contributed by atoms with Crippen LogP contribution in [0.5, 0.6) is 0 Å². The van der Waals surface area contributed by atoms with Gasteiger partial charge in [0.25, 0.3) is 5.91 Å². The highest BCUT2D eigenvalue weighted by molar-refractivity contribution is 5.86. The standard InChI is InChI=1S/C25H34N4O2/c1-20(2)10-9-15-26-24(30)18-28(23-13-5-4-6-14-23)19-25(31)27(3)29-16-21-11-7-8-12-22(21)17-29/h4-8,11-14,20H,9-10,15-19H2,1-3H3,(H,26,30). The largest absolute Gasteiger partial charge is 0.355 e. The van der Waals surface area contributed by atoms with Gasteiger partial charge in [-0.1, -0.05) is 56.3 Å². The summed E-state index contributed by atoms with van der Waals surface area (Å²) in [6.45, 7) is 6.78. The molecule has 0 saturated heterocycles. The van der Waals surface area contributed by atoms with Crippen molar-refractivity contribution in [2.75, 3.05) is 31.6 Å². The summed E-state index contributed by atoms with van der Waals surface area (Å²) < 4.78 is 0. The van der Waals surface area contributed by atoms with Crippen molar-refractivity contribution < 1.29 is 9.59 Å². The highest BCUT2D eigenvalue weighted by atomic mass is 16.2. The lowest BCUT2D eigenvalue weighted by Gasteiger charge is -2.31. The molecule has 166 valence electrons. The van der Waals surface area contributed by atoms with Crippen molar-refractivity contribution in [2.45, 2.75) is 39.8 Å². The number of hydrogen-bond acceptors (Lipinski definition) is 4. The van der Waals surface area contributed by atoms with Crippen LogP contribution in [0.15, 0.2) is 54.6 Å². The van der Waals surface area contributed by atoms with Crippen LogP contribution in [0, 0.1) is 5.92 Å². The molecule has 0 fully saturated rings. The smallest absolute Gasteiger partial charge is 0.256 e. The van der Waals surface area contributed by atoms with Crippen LogP contribution in [-0.2, 0) is 22.7 Å². The number of anilines is 1. The number of nitrogens with one attached hydrogen (secondary N) is 1. The maximum Gasteiger partial charge on any atom is 0.256 e. The summed E-state index contributed by atoms with van der Waals surface area (Å²) in [6, 6.07) is 17.9. The van der Waals surface area contributed by atoms with Gasteiger partial charge in [0, 0.05) is 32.4 Å². The SMILES string of the molecule is CC(C)CCCNC(=O)CN(CC(=O)N(C)N1Cc2ccccc2C1)c1ccccc1. The average Bonchev–Trinajstić information content (AvgIpc) is 3.20. The van der Waals surface area contributed by atoms with Gasteiger partial charge in [-0.2, -0.15) is 0 Å². The predicted molar refractivity (Wildman–Crippen MR) is 124 cm³/mol. The Hall–Kier alpha value is -2.86. The Kier molecular flexibility index (Phi) is 8.06. The van der Waals surface area contributed by atoms with Crippen molar-refractivity contribution in [3.8, 4) is 0 Å². The lowest BCUT2D eigenvalue weighted by Crippen LogP contribution is -2.48. The molecule has 2 amide bonds. The van der Waals surface area contributed by atoms with E-state index in [1.807, 2.05) is 59.4 Å². The summed E-state index contributed by atoms with van der Waals surface area (Å²) in [7, 11) is 1.81. The molecular formula is C25H34N4O2. The Morgan fingerprint density at radius 3 is 2.19 bits per heavy atom. The molecule has 0 unspecified atom stereocenters. The third-order valence-corrected chi connectivity index (χ3v) is 5.67. The topological polar surface area (TPSA) is 55.9 Å². The van der Waals surface area contributed by atoms with Crippen LogP contribution in [-0.4, -0.2) is 48.5 Å². The molecule has 0 radical (unpaired) electrons. The van der Waals surface area contributed by atoms with Gasteiger partial charge in [0.15, 0.2) is 0 Å². The zero-order chi connectivity index (χ0) is 22.2. The zero-order valence-electron chi connectivity index (χ0n) is 18.9. The number of fused-ring (bicyclic) bond motifs is 1. The maximum atomic E-state index is 13.1. The van der Waals surface area contributed by atoms with Gasteiger partial charge in [-0.05, 0) is 42.0 Å². The monoisotopic (exact) mass is 422 g/mol. The van der Waals surface area contributed by atoms with Gasteiger partial charge < -0.3 is 10.2 Å². The van der Waals surface area contributed by atoms with Crippen molar-refractivity contribution >= 4 is 17.5 Å². The fourth-order valence-electron chi connectivity index (χ4n) is 3.80. The van der Waals surface area contributed by atoms with E-state index in [0.717, 1.165) is 31.6 Å². The summed E-state index contributed by atoms with van der Waals surface area (Å²) in [6.07, 6.45) is 2.05. The van der Waals surface area contributed by atoms with Crippen molar-refractivity contribution in [3.63, 3.8) is 0 Å². The van der Waals surface area contributed by atoms with Crippen LogP contribution in [0.25, 0.3) is 0 Å². The highest BCUT2D eigenvalue weighted by Gasteiger charge is 2.26. The van der Waals surface area contributed by atoms with Crippen LogP contribution < -0.4 is 10.2 Å². The fraction of sp³-hybridized carbons (Fsp3) is 0.440. The number of nitrogens with zero attached hydrogens (tertiary/aromatic N) is 3. The van der Waals surface area contributed by atoms with Crippen LogP contribution in [0.4, 0.5) is 5.69 Å². The van der Waals surface area contributed by atoms with Gasteiger partial charge >= 0.3 is 0 Å². The van der Waals surface area contributed by atoms with Crippen molar-refractivity contribution in [2.24, 2.45) is 5.92 Å². The maximum absolute atomic E-state index is 13.1. The fourth-order valence-corrected chi connectivity index (χ4v) is 3.80. The number of hydrogen-bond donors (Lipinski definition) is 1. The minimum absolute atomic E-state index is 0.0377. The van der Waals surface area contributed by atoms with Gasteiger partial charge in [0.2, 0.25) is 5.91 Å². The quantitative estimate of drug-likeness (QED) is 0.596. The molecule has 3 rings (SSSR count). The molecule has 6 heteroatoms. The van der Waals surface area contributed by atoms with Gasteiger partial charge in [0.05, 0.1) is 13.1 Å². The van der Waals surface area contributed by atoms with E-state index in [2.05, 4.69) is 31.3 Å². The van der Waals surface area contributed by atoms with E-state index in [4.69, 9.17) is 0 Å². The first-order chi connectivity index (χ1) is 14.9. The second kappa shape index (κ2) is 11.0. The van der Waals surface area contributed by atoms with Gasteiger partial charge in [-0.3, -0.25) is 14.6 Å². The first kappa shape index (κ1) is 22.8. The Balaban J connectivity index is 1.59. The van der Waals surface area contributed by atoms with Gasteiger partial charge in [0.1, 0.15) is 0 Å². The minimum Gasteiger partial charge on any atom is -0.355 e. The molecule has 1 aliphatic heterocycles. The lowest BCUT2D eigenvalue weighted by molar-refractivity contribution is -0.145. The number of rotatable bonds is 10. The Morgan fingerprint density at radius 1 is 0.968 bits per heavy atom. The summed E-state index contributed by atoms with van der Waals surface area (Å²) in [5.41, 5.74) is 3.37. The molecule has 0 aromatic heterocycles. The van der Waals surface area contributed by atoms with E-state index in [0.29, 0.717) is 12.5 Å². The van der Waals surface area contributed by atoms with Crippen LogP contribution in [0.1, 0.15) is 37.8 Å². The van der Waals surface area contributed by atoms with E-state index in [1.165, 1.54) is 11.1 Å². The number of carbonyl (C=O) groups is 2. The molecule has 1 heterocycles. The van der Waals surface area contributed by atoms with Gasteiger partial charge in [-0.25, -0.2) is 5.01 Å². The van der Waals surface area contributed by atoms with E-state index in [1.54, 1.807) is 5.01 Å². The molecule has 1 aliphatic rings. The molecule has 2 aromatic carbocycles. The summed E-state index contributed by atoms with van der Waals surface area (Å²) >= 11 is 0. The van der Waals surface area contributed by atoms with Crippen LogP contribution in [0.3, 0.4) is 0 Å². The first-order valence-corrected chi connectivity index (χ1v) is 11.1. The summed E-state index contributed by atoms with van der Waals surface area (Å²) in [5.74, 6) is 0.531. The molecule has 0 bridgehead atoms. The second-order valence-corrected chi connectivity index (χ2v) is 8.59. The number of benzene rings is 2. The van der Waals surface area contributed by atoms with Crippen molar-refractivity contribution in [3.05, 3.63) is 65.7 Å².